The molecule has 3 saturated carbocycles. The van der Waals surface area contributed by atoms with Crippen molar-refractivity contribution in [1.82, 2.24) is 0 Å². The zero-order valence-electron chi connectivity index (χ0n) is 24.7. The van der Waals surface area contributed by atoms with Gasteiger partial charge in [0.15, 0.2) is 17.9 Å². The monoisotopic (exact) mass is 558 g/mol. The minimum Gasteiger partial charge on any atom is -0.389 e. The third kappa shape index (κ3) is 5.00. The minimum atomic E-state index is -0.719. The lowest BCUT2D eigenvalue weighted by molar-refractivity contribution is -0.166. The number of Topliss-reactive ketones (excluding diaryl/α,β-unsaturated/α-hetero) is 1. The molecule has 5 heteroatoms. The molecule has 1 saturated heterocycles. The van der Waals surface area contributed by atoms with Crippen molar-refractivity contribution < 1.29 is 24.2 Å². The number of allylic oxidation sites excluding steroid dienone is 4. The Bertz CT molecular complexity index is 1250. The maximum Gasteiger partial charge on any atom is 0.165 e. The van der Waals surface area contributed by atoms with Crippen LogP contribution in [0.25, 0.3) is 0 Å². The summed E-state index contributed by atoms with van der Waals surface area (Å²) in [6, 6.07) is 8.46. The molecule has 0 radical (unpaired) electrons. The van der Waals surface area contributed by atoms with Gasteiger partial charge in [-0.1, -0.05) is 36.8 Å². The third-order valence-electron chi connectivity index (χ3n) is 11.8. The number of benzene rings is 1. The van der Waals surface area contributed by atoms with Crippen LogP contribution in [0.15, 0.2) is 47.1 Å². The van der Waals surface area contributed by atoms with E-state index in [1.165, 1.54) is 16.7 Å². The highest BCUT2D eigenvalue weighted by atomic mass is 16.7. The van der Waals surface area contributed by atoms with Gasteiger partial charge in [-0.3, -0.25) is 9.59 Å². The number of carbonyl (C=O) groups excluding carboxylic acids is 2. The zero-order chi connectivity index (χ0) is 28.2. The van der Waals surface area contributed by atoms with Crippen molar-refractivity contribution in [3.05, 3.63) is 58.2 Å². The Hall–Kier alpha value is -2.08. The van der Waals surface area contributed by atoms with Gasteiger partial charge in [0.2, 0.25) is 0 Å². The van der Waals surface area contributed by atoms with E-state index in [2.05, 4.69) is 19.1 Å². The van der Waals surface area contributed by atoms with Crippen LogP contribution >= 0.6 is 0 Å². The first kappa shape index (κ1) is 27.7. The maximum atomic E-state index is 12.8. The predicted molar refractivity (Wildman–Crippen MR) is 157 cm³/mol. The number of ether oxygens (including phenoxy) is 2. The molecule has 1 aromatic carbocycles. The van der Waals surface area contributed by atoms with Crippen LogP contribution in [0.5, 0.6) is 0 Å². The van der Waals surface area contributed by atoms with E-state index >= 15 is 0 Å². The fourth-order valence-electron chi connectivity index (χ4n) is 9.35. The summed E-state index contributed by atoms with van der Waals surface area (Å²) in [6.45, 7) is 3.79. The van der Waals surface area contributed by atoms with Crippen LogP contribution in [-0.4, -0.2) is 41.8 Å². The highest BCUT2D eigenvalue weighted by Crippen LogP contribution is 2.67. The molecule has 1 aromatic rings. The fourth-order valence-corrected chi connectivity index (χ4v) is 9.35. The second-order valence-electron chi connectivity index (χ2n) is 14.1. The van der Waals surface area contributed by atoms with Crippen molar-refractivity contribution in [2.75, 3.05) is 13.2 Å². The van der Waals surface area contributed by atoms with Gasteiger partial charge in [-0.25, -0.2) is 0 Å². The number of carbonyl (C=O) groups is 2. The Labute approximate surface area is 244 Å². The molecular weight excluding hydrogens is 512 g/mol. The van der Waals surface area contributed by atoms with Gasteiger partial charge in [0.05, 0.1) is 5.60 Å². The van der Waals surface area contributed by atoms with Gasteiger partial charge in [0.25, 0.3) is 0 Å². The Balaban J connectivity index is 1.18. The Morgan fingerprint density at radius 2 is 1.88 bits per heavy atom. The van der Waals surface area contributed by atoms with Crippen molar-refractivity contribution in [2.45, 2.75) is 115 Å². The molecule has 5 aliphatic carbocycles. The molecule has 1 N–H and O–H groups in total. The highest BCUT2D eigenvalue weighted by molar-refractivity contribution is 5.99. The average Bonchev–Trinajstić information content (AvgIpc) is 3.80. The summed E-state index contributed by atoms with van der Waals surface area (Å²) in [5.41, 5.74) is 5.41. The standard InChI is InChI=1S/C36H46O5/c1-35-22-30(23-6-8-24(9-7-23)34(38)25-10-11-25)33-28-15-13-27(37)21-26(28)12-14-29(33)31(35)16-18-36(35,39)17-4-20-41-32-5-2-3-19-40-32/h6-9,21,25,29-32,39H,2-5,10-20,22H2,1H3/t29?,30-,31?,32?,35+,36+/m1/s1. The SMILES string of the molecule is C[C@]12C[C@H](c3ccc(C(=O)C4CC4)cc3)C3=C4CCC(=O)C=C4CCC3C1CC[C@@]2(O)CCCOC1CCCCO1. The van der Waals surface area contributed by atoms with E-state index in [4.69, 9.17) is 9.47 Å². The van der Waals surface area contributed by atoms with Crippen molar-refractivity contribution in [1.29, 1.82) is 0 Å². The molecule has 0 aromatic heterocycles. The molecule has 5 nitrogen and oxygen atoms in total. The molecule has 220 valence electrons. The first-order valence-corrected chi connectivity index (χ1v) is 16.4. The summed E-state index contributed by atoms with van der Waals surface area (Å²) < 4.78 is 11.8. The van der Waals surface area contributed by atoms with E-state index in [1.54, 1.807) is 5.57 Å². The zero-order valence-corrected chi connectivity index (χ0v) is 24.7. The van der Waals surface area contributed by atoms with E-state index in [0.717, 1.165) is 95.6 Å². The smallest absolute Gasteiger partial charge is 0.165 e. The van der Waals surface area contributed by atoms with Crippen LogP contribution in [0.3, 0.4) is 0 Å². The lowest BCUT2D eigenvalue weighted by atomic mass is 9.51. The summed E-state index contributed by atoms with van der Waals surface area (Å²) in [6.07, 6.45) is 15.0. The molecule has 3 unspecified atom stereocenters. The molecule has 4 fully saturated rings. The molecule has 1 heterocycles. The number of hydrogen-bond acceptors (Lipinski definition) is 5. The average molecular weight is 559 g/mol. The molecule has 6 aliphatic rings. The second-order valence-corrected chi connectivity index (χ2v) is 14.1. The molecule has 41 heavy (non-hydrogen) atoms. The summed E-state index contributed by atoms with van der Waals surface area (Å²) in [4.78, 5) is 25.1. The van der Waals surface area contributed by atoms with Gasteiger partial charge in [0.1, 0.15) is 0 Å². The number of aliphatic hydroxyl groups is 1. The Morgan fingerprint density at radius 3 is 2.63 bits per heavy atom. The Morgan fingerprint density at radius 1 is 1.05 bits per heavy atom. The van der Waals surface area contributed by atoms with Gasteiger partial charge in [-0.2, -0.15) is 0 Å². The van der Waals surface area contributed by atoms with E-state index in [0.29, 0.717) is 24.9 Å². The quantitative estimate of drug-likeness (QED) is 0.269. The van der Waals surface area contributed by atoms with E-state index < -0.39 is 5.60 Å². The number of ketones is 2. The van der Waals surface area contributed by atoms with Gasteiger partial charge in [-0.15, -0.1) is 0 Å². The van der Waals surface area contributed by atoms with Crippen LogP contribution < -0.4 is 0 Å². The van der Waals surface area contributed by atoms with Crippen molar-refractivity contribution in [2.24, 2.45) is 23.2 Å². The number of hydrogen-bond donors (Lipinski definition) is 1. The third-order valence-corrected chi connectivity index (χ3v) is 11.8. The number of rotatable bonds is 8. The van der Waals surface area contributed by atoms with Gasteiger partial charge in [-0.05, 0) is 118 Å². The van der Waals surface area contributed by atoms with E-state index in [-0.39, 0.29) is 35.1 Å². The summed E-state index contributed by atoms with van der Waals surface area (Å²) in [7, 11) is 0. The summed E-state index contributed by atoms with van der Waals surface area (Å²) in [5.74, 6) is 1.86. The first-order valence-electron chi connectivity index (χ1n) is 16.4. The highest BCUT2D eigenvalue weighted by Gasteiger charge is 2.62. The number of fused-ring (bicyclic) bond motifs is 4. The van der Waals surface area contributed by atoms with Gasteiger partial charge < -0.3 is 14.6 Å². The maximum absolute atomic E-state index is 12.8. The van der Waals surface area contributed by atoms with Crippen LogP contribution in [0.1, 0.15) is 119 Å². The molecule has 1 aliphatic heterocycles. The van der Waals surface area contributed by atoms with Gasteiger partial charge in [0, 0.05) is 42.4 Å². The molecule has 0 spiro atoms. The van der Waals surface area contributed by atoms with Crippen LogP contribution in [0.4, 0.5) is 0 Å². The van der Waals surface area contributed by atoms with Crippen LogP contribution in [-0.2, 0) is 14.3 Å². The molecule has 0 amide bonds. The van der Waals surface area contributed by atoms with Crippen LogP contribution in [0.2, 0.25) is 0 Å². The van der Waals surface area contributed by atoms with Crippen LogP contribution in [0, 0.1) is 23.2 Å². The van der Waals surface area contributed by atoms with Gasteiger partial charge >= 0.3 is 0 Å². The fraction of sp³-hybridized carbons (Fsp3) is 0.667. The first-order chi connectivity index (χ1) is 19.9. The summed E-state index contributed by atoms with van der Waals surface area (Å²) in [5, 5.41) is 12.4. The molecule has 0 bridgehead atoms. The normalized spacial score (nSPS) is 36.8. The predicted octanol–water partition coefficient (Wildman–Crippen LogP) is 7.23. The summed E-state index contributed by atoms with van der Waals surface area (Å²) >= 11 is 0. The van der Waals surface area contributed by atoms with Crippen molar-refractivity contribution >= 4 is 11.6 Å². The second kappa shape index (κ2) is 10.9. The Kier molecular flexibility index (Phi) is 7.36. The van der Waals surface area contributed by atoms with Crippen molar-refractivity contribution in [3.8, 4) is 0 Å². The topological polar surface area (TPSA) is 72.8 Å². The molecular formula is C36H46O5. The minimum absolute atomic E-state index is 0.0832. The van der Waals surface area contributed by atoms with Crippen molar-refractivity contribution in [3.63, 3.8) is 0 Å². The van der Waals surface area contributed by atoms with E-state index in [1.807, 2.05) is 18.2 Å². The lowest BCUT2D eigenvalue weighted by Gasteiger charge is -2.55. The van der Waals surface area contributed by atoms with E-state index in [9.17, 15) is 14.7 Å². The largest absolute Gasteiger partial charge is 0.389 e. The lowest BCUT2D eigenvalue weighted by Crippen LogP contribution is -2.51. The molecule has 7 rings (SSSR count). The molecule has 6 atom stereocenters.